The van der Waals surface area contributed by atoms with Gasteiger partial charge >= 0.3 is 0 Å². The van der Waals surface area contributed by atoms with Crippen LogP contribution in [0.4, 0.5) is 5.69 Å². The molecule has 2 N–H and O–H groups in total. The first-order valence-corrected chi connectivity index (χ1v) is 9.79. The van der Waals surface area contributed by atoms with Crippen molar-refractivity contribution >= 4 is 23.6 Å². The highest BCUT2D eigenvalue weighted by Gasteiger charge is 2.36. The fourth-order valence-electron chi connectivity index (χ4n) is 3.70. The highest BCUT2D eigenvalue weighted by molar-refractivity contribution is 5.93. The van der Waals surface area contributed by atoms with Crippen molar-refractivity contribution in [2.45, 2.75) is 32.1 Å². The number of nitrogens with one attached hydrogen (secondary N) is 2. The maximum atomic E-state index is 12.2. The summed E-state index contributed by atoms with van der Waals surface area (Å²) in [6.07, 6.45) is 6.17. The van der Waals surface area contributed by atoms with Gasteiger partial charge in [0.05, 0.1) is 6.54 Å². The van der Waals surface area contributed by atoms with Gasteiger partial charge in [0.25, 0.3) is 11.8 Å². The second-order valence-corrected chi connectivity index (χ2v) is 7.58. The van der Waals surface area contributed by atoms with Gasteiger partial charge in [-0.15, -0.1) is 0 Å². The fourth-order valence-corrected chi connectivity index (χ4v) is 3.70. The number of aryl methyl sites for hydroxylation is 1. The van der Waals surface area contributed by atoms with Crippen LogP contribution < -0.4 is 15.8 Å². The van der Waals surface area contributed by atoms with E-state index in [1.165, 1.54) is 11.6 Å². The molecule has 0 radical (unpaired) electrons. The van der Waals surface area contributed by atoms with Crippen molar-refractivity contribution in [2.24, 2.45) is 5.92 Å². The Morgan fingerprint density at radius 2 is 2.04 bits per heavy atom. The third-order valence-corrected chi connectivity index (χ3v) is 5.39. The average molecular weight is 379 g/mol. The predicted octanol–water partition coefficient (Wildman–Crippen LogP) is 3.02. The normalized spacial score (nSPS) is 20.7. The van der Waals surface area contributed by atoms with E-state index >= 15 is 0 Å². The quantitative estimate of drug-likeness (QED) is 0.619. The molecular formula is C22H25N3O3. The molecule has 6 nitrogen and oxygen atoms in total. The Hall–Kier alpha value is -3.02. The van der Waals surface area contributed by atoms with E-state index < -0.39 is 5.91 Å². The first kappa shape index (κ1) is 18.3. The van der Waals surface area contributed by atoms with Crippen LogP contribution in [0.3, 0.4) is 0 Å². The molecule has 146 valence electrons. The van der Waals surface area contributed by atoms with E-state index in [1.54, 1.807) is 6.08 Å². The summed E-state index contributed by atoms with van der Waals surface area (Å²) >= 11 is 0. The van der Waals surface area contributed by atoms with Gasteiger partial charge in [-0.05, 0) is 55.0 Å². The van der Waals surface area contributed by atoms with Crippen LogP contribution in [0.1, 0.15) is 42.8 Å². The van der Waals surface area contributed by atoms with Crippen molar-refractivity contribution in [1.82, 2.24) is 10.9 Å². The number of nitrogens with zero attached hydrogens (tertiary/aromatic N) is 1. The van der Waals surface area contributed by atoms with E-state index in [1.807, 2.05) is 35.2 Å². The predicted molar refractivity (Wildman–Crippen MR) is 108 cm³/mol. The van der Waals surface area contributed by atoms with Crippen LogP contribution in [0.2, 0.25) is 0 Å². The molecule has 1 aliphatic heterocycles. The molecule has 1 aliphatic carbocycles. The lowest BCUT2D eigenvalue weighted by Crippen LogP contribution is -2.47. The Morgan fingerprint density at radius 1 is 1.21 bits per heavy atom. The summed E-state index contributed by atoms with van der Waals surface area (Å²) in [6.45, 7) is 3.24. The van der Waals surface area contributed by atoms with Gasteiger partial charge in [-0.3, -0.25) is 20.4 Å². The van der Waals surface area contributed by atoms with E-state index in [4.69, 9.17) is 4.42 Å². The summed E-state index contributed by atoms with van der Waals surface area (Å²) in [6, 6.07) is 11.9. The minimum absolute atomic E-state index is 0.210. The number of carbonyl (C=O) groups is 2. The zero-order chi connectivity index (χ0) is 19.5. The van der Waals surface area contributed by atoms with Crippen molar-refractivity contribution in [1.29, 1.82) is 0 Å². The van der Waals surface area contributed by atoms with E-state index in [9.17, 15) is 9.59 Å². The van der Waals surface area contributed by atoms with Crippen LogP contribution in [0.5, 0.6) is 0 Å². The number of hydrazine groups is 1. The van der Waals surface area contributed by atoms with Crippen LogP contribution in [0.15, 0.2) is 46.9 Å². The average Bonchev–Trinajstić information content (AvgIpc) is 3.25. The largest absolute Gasteiger partial charge is 0.461 e. The zero-order valence-corrected chi connectivity index (χ0v) is 16.0. The molecule has 0 spiro atoms. The number of furan rings is 1. The Balaban J connectivity index is 1.25. The number of amides is 2. The molecule has 6 heteroatoms. The van der Waals surface area contributed by atoms with E-state index in [0.29, 0.717) is 17.6 Å². The van der Waals surface area contributed by atoms with Crippen LogP contribution in [-0.4, -0.2) is 24.9 Å². The second-order valence-electron chi connectivity index (χ2n) is 7.58. The topological polar surface area (TPSA) is 74.6 Å². The molecule has 0 bridgehead atoms. The maximum Gasteiger partial charge on any atom is 0.262 e. The van der Waals surface area contributed by atoms with Crippen molar-refractivity contribution in [3.8, 4) is 0 Å². The molecule has 28 heavy (non-hydrogen) atoms. The number of anilines is 1. The summed E-state index contributed by atoms with van der Waals surface area (Å²) in [5.74, 6) is 2.15. The van der Waals surface area contributed by atoms with Crippen molar-refractivity contribution in [2.75, 3.05) is 18.0 Å². The second kappa shape index (κ2) is 7.92. The monoisotopic (exact) mass is 379 g/mol. The first-order valence-electron chi connectivity index (χ1n) is 9.79. The number of para-hydroxylation sites is 1. The Kier molecular flexibility index (Phi) is 5.19. The zero-order valence-electron chi connectivity index (χ0n) is 16.0. The molecule has 2 unspecified atom stereocenters. The molecule has 2 aromatic rings. The smallest absolute Gasteiger partial charge is 0.262 e. The van der Waals surface area contributed by atoms with Gasteiger partial charge in [-0.25, -0.2) is 0 Å². The molecular weight excluding hydrogens is 354 g/mol. The van der Waals surface area contributed by atoms with Gasteiger partial charge in [0, 0.05) is 24.2 Å². The lowest BCUT2D eigenvalue weighted by Gasteiger charge is -2.30. The highest BCUT2D eigenvalue weighted by Crippen LogP contribution is 2.47. The van der Waals surface area contributed by atoms with Gasteiger partial charge in [0.2, 0.25) is 0 Å². The highest BCUT2D eigenvalue weighted by atomic mass is 16.3. The van der Waals surface area contributed by atoms with Crippen molar-refractivity contribution in [3.63, 3.8) is 0 Å². The summed E-state index contributed by atoms with van der Waals surface area (Å²) in [4.78, 5) is 26.2. The van der Waals surface area contributed by atoms with Crippen LogP contribution in [0.25, 0.3) is 6.08 Å². The van der Waals surface area contributed by atoms with Gasteiger partial charge in [0.1, 0.15) is 11.5 Å². The third-order valence-electron chi connectivity index (χ3n) is 5.39. The molecule has 1 aromatic carbocycles. The number of carbonyl (C=O) groups excluding carboxylic acids is 2. The van der Waals surface area contributed by atoms with E-state index in [0.717, 1.165) is 37.3 Å². The molecule has 2 aliphatic rings. The lowest BCUT2D eigenvalue weighted by atomic mass is 10.0. The minimum Gasteiger partial charge on any atom is -0.461 e. The summed E-state index contributed by atoms with van der Waals surface area (Å²) < 4.78 is 5.73. The maximum absolute atomic E-state index is 12.2. The van der Waals surface area contributed by atoms with Crippen LogP contribution in [0, 0.1) is 5.92 Å². The Bertz CT molecular complexity index is 902. The number of fused-ring (bicyclic) bond motifs is 1. The molecule has 1 saturated carbocycles. The Morgan fingerprint density at radius 3 is 2.86 bits per heavy atom. The third kappa shape index (κ3) is 4.27. The Labute approximate surface area is 164 Å². The molecule has 2 heterocycles. The summed E-state index contributed by atoms with van der Waals surface area (Å²) in [5.41, 5.74) is 7.24. The molecule has 1 aromatic heterocycles. The van der Waals surface area contributed by atoms with Crippen LogP contribution in [-0.2, 0) is 16.0 Å². The van der Waals surface area contributed by atoms with E-state index in [-0.39, 0.29) is 12.5 Å². The molecule has 4 rings (SSSR count). The van der Waals surface area contributed by atoms with Gasteiger partial charge in [0.15, 0.2) is 0 Å². The van der Waals surface area contributed by atoms with Gasteiger partial charge in [-0.1, -0.05) is 25.1 Å². The minimum atomic E-state index is -0.398. The number of hydrogen-bond donors (Lipinski definition) is 2. The number of rotatable bonds is 5. The van der Waals surface area contributed by atoms with Gasteiger partial charge in [-0.2, -0.15) is 0 Å². The fraction of sp³-hybridized carbons (Fsp3) is 0.364. The lowest BCUT2D eigenvalue weighted by molar-refractivity contribution is -0.125. The SMILES string of the molecule is CC1CC1c1ccc(/C=C/C(=O)NNC(=O)CN2CCCc3ccccc32)o1. The summed E-state index contributed by atoms with van der Waals surface area (Å²) in [5, 5.41) is 0. The molecule has 2 atom stereocenters. The standard InChI is InChI=1S/C22H25N3O3/c1-15-13-18(15)20-10-8-17(28-20)9-11-21(26)23-24-22(27)14-25-12-4-6-16-5-2-3-7-19(16)25/h2-3,5,7-11,15,18H,4,6,12-14H2,1H3,(H,23,26)(H,24,27)/b11-9+. The van der Waals surface area contributed by atoms with Crippen LogP contribution >= 0.6 is 0 Å². The van der Waals surface area contributed by atoms with E-state index in [2.05, 4.69) is 23.8 Å². The summed E-state index contributed by atoms with van der Waals surface area (Å²) in [7, 11) is 0. The first-order chi connectivity index (χ1) is 13.6. The van der Waals surface area contributed by atoms with Crippen molar-refractivity contribution in [3.05, 3.63) is 59.6 Å². The molecule has 0 saturated heterocycles. The molecule has 2 amide bonds. The molecule has 1 fully saturated rings. The number of hydrogen-bond acceptors (Lipinski definition) is 4. The van der Waals surface area contributed by atoms with Crippen molar-refractivity contribution < 1.29 is 14.0 Å². The van der Waals surface area contributed by atoms with Gasteiger partial charge < -0.3 is 9.32 Å². The number of benzene rings is 1.